The molecule has 0 saturated heterocycles. The second-order valence-electron chi connectivity index (χ2n) is 4.83. The van der Waals surface area contributed by atoms with Gasteiger partial charge >= 0.3 is 5.97 Å². The van der Waals surface area contributed by atoms with E-state index in [0.717, 1.165) is 12.1 Å². The molecule has 0 unspecified atom stereocenters. The highest BCUT2D eigenvalue weighted by Crippen LogP contribution is 2.16. The first-order valence-electron chi connectivity index (χ1n) is 7.23. The lowest BCUT2D eigenvalue weighted by Crippen LogP contribution is -2.31. The van der Waals surface area contributed by atoms with Gasteiger partial charge in [-0.15, -0.1) is 0 Å². The lowest BCUT2D eigenvalue weighted by Gasteiger charge is -2.09. The summed E-state index contributed by atoms with van der Waals surface area (Å²) in [6.45, 7) is -0.383. The Bertz CT molecular complexity index is 770. The molecule has 8 heteroatoms. The van der Waals surface area contributed by atoms with Crippen molar-refractivity contribution in [1.82, 2.24) is 5.32 Å². The van der Waals surface area contributed by atoms with E-state index < -0.39 is 30.1 Å². The van der Waals surface area contributed by atoms with Gasteiger partial charge in [0.1, 0.15) is 37.1 Å². The van der Waals surface area contributed by atoms with Gasteiger partial charge in [0.2, 0.25) is 0 Å². The van der Waals surface area contributed by atoms with Crippen molar-refractivity contribution < 1.29 is 27.8 Å². The SMILES string of the molecule is O=C(CNC(=O)c1ccc(F)cc1F)OCCOc1cccc(Cl)c1. The van der Waals surface area contributed by atoms with Crippen LogP contribution in [0.25, 0.3) is 0 Å². The number of nitrogens with one attached hydrogen (secondary N) is 1. The van der Waals surface area contributed by atoms with Crippen LogP contribution >= 0.6 is 11.6 Å². The summed E-state index contributed by atoms with van der Waals surface area (Å²) < 4.78 is 36.4. The molecule has 0 aliphatic carbocycles. The summed E-state index contributed by atoms with van der Waals surface area (Å²) in [6.07, 6.45) is 0. The van der Waals surface area contributed by atoms with Crippen molar-refractivity contribution in [2.24, 2.45) is 0 Å². The van der Waals surface area contributed by atoms with E-state index in [1.165, 1.54) is 0 Å². The minimum Gasteiger partial charge on any atom is -0.490 e. The number of carbonyl (C=O) groups is 2. The van der Waals surface area contributed by atoms with Gasteiger partial charge in [-0.3, -0.25) is 9.59 Å². The van der Waals surface area contributed by atoms with Gasteiger partial charge in [-0.2, -0.15) is 0 Å². The van der Waals surface area contributed by atoms with Crippen molar-refractivity contribution in [3.8, 4) is 5.75 Å². The molecular formula is C17H14ClF2NO4. The van der Waals surface area contributed by atoms with Crippen LogP contribution in [-0.4, -0.2) is 31.6 Å². The summed E-state index contributed by atoms with van der Waals surface area (Å²) in [6, 6.07) is 9.24. The zero-order chi connectivity index (χ0) is 18.2. The van der Waals surface area contributed by atoms with Gasteiger partial charge < -0.3 is 14.8 Å². The molecule has 0 aliphatic heterocycles. The minimum absolute atomic E-state index is 0.0356. The predicted octanol–water partition coefficient (Wildman–Crippen LogP) is 2.97. The summed E-state index contributed by atoms with van der Waals surface area (Å²) in [4.78, 5) is 23.2. The van der Waals surface area contributed by atoms with Gasteiger partial charge in [0, 0.05) is 11.1 Å². The first-order valence-corrected chi connectivity index (χ1v) is 7.61. The number of carbonyl (C=O) groups excluding carboxylic acids is 2. The lowest BCUT2D eigenvalue weighted by molar-refractivity contribution is -0.143. The highest BCUT2D eigenvalue weighted by atomic mass is 35.5. The van der Waals surface area contributed by atoms with Gasteiger partial charge in [-0.25, -0.2) is 8.78 Å². The lowest BCUT2D eigenvalue weighted by atomic mass is 10.2. The number of amides is 1. The quantitative estimate of drug-likeness (QED) is 0.602. The fourth-order valence-electron chi connectivity index (χ4n) is 1.84. The first-order chi connectivity index (χ1) is 12.0. The summed E-state index contributed by atoms with van der Waals surface area (Å²) in [5.74, 6) is -2.84. The van der Waals surface area contributed by atoms with Gasteiger partial charge in [-0.05, 0) is 30.3 Å². The number of hydrogen-bond donors (Lipinski definition) is 1. The molecule has 2 aromatic rings. The monoisotopic (exact) mass is 369 g/mol. The number of esters is 1. The van der Waals surface area contributed by atoms with Crippen molar-refractivity contribution >= 4 is 23.5 Å². The van der Waals surface area contributed by atoms with Crippen molar-refractivity contribution in [3.05, 3.63) is 64.7 Å². The van der Waals surface area contributed by atoms with E-state index in [2.05, 4.69) is 5.32 Å². The molecule has 25 heavy (non-hydrogen) atoms. The Morgan fingerprint density at radius 3 is 2.60 bits per heavy atom. The Morgan fingerprint density at radius 2 is 1.88 bits per heavy atom. The van der Waals surface area contributed by atoms with Crippen LogP contribution in [-0.2, 0) is 9.53 Å². The summed E-state index contributed by atoms with van der Waals surface area (Å²) in [5.41, 5.74) is -0.363. The molecule has 2 aromatic carbocycles. The van der Waals surface area contributed by atoms with Crippen molar-refractivity contribution in [2.45, 2.75) is 0 Å². The number of hydrogen-bond acceptors (Lipinski definition) is 4. The molecule has 0 aliphatic rings. The molecule has 1 N–H and O–H groups in total. The van der Waals surface area contributed by atoms with Crippen LogP contribution in [0, 0.1) is 11.6 Å². The smallest absolute Gasteiger partial charge is 0.325 e. The van der Waals surface area contributed by atoms with E-state index in [-0.39, 0.29) is 18.8 Å². The third-order valence-electron chi connectivity index (χ3n) is 2.98. The zero-order valence-electron chi connectivity index (χ0n) is 12.9. The Kier molecular flexibility index (Phi) is 6.71. The standard InChI is InChI=1S/C17H14ClF2NO4/c18-11-2-1-3-13(8-11)24-6-7-25-16(22)10-21-17(23)14-5-4-12(19)9-15(14)20/h1-5,8-9H,6-7,10H2,(H,21,23). The van der Waals surface area contributed by atoms with Crippen molar-refractivity contribution in [2.75, 3.05) is 19.8 Å². The van der Waals surface area contributed by atoms with Crippen LogP contribution in [0.15, 0.2) is 42.5 Å². The first kappa shape index (κ1) is 18.7. The fraction of sp³-hybridized carbons (Fsp3) is 0.176. The van der Waals surface area contributed by atoms with Gasteiger partial charge in [0.25, 0.3) is 5.91 Å². The largest absolute Gasteiger partial charge is 0.490 e. The Morgan fingerprint density at radius 1 is 1.08 bits per heavy atom. The van der Waals surface area contributed by atoms with Gasteiger partial charge in [0.15, 0.2) is 0 Å². The fourth-order valence-corrected chi connectivity index (χ4v) is 2.02. The Hall–Kier alpha value is -2.67. The average molecular weight is 370 g/mol. The molecule has 2 rings (SSSR count). The van der Waals surface area contributed by atoms with Crippen LogP contribution in [0.5, 0.6) is 5.75 Å². The predicted molar refractivity (Wildman–Crippen MR) is 86.6 cm³/mol. The normalized spacial score (nSPS) is 10.2. The highest BCUT2D eigenvalue weighted by molar-refractivity contribution is 6.30. The number of rotatable bonds is 7. The Labute approximate surface area is 147 Å². The van der Waals surface area contributed by atoms with Crippen LogP contribution in [0.4, 0.5) is 8.78 Å². The molecule has 0 atom stereocenters. The van der Waals surface area contributed by atoms with E-state index >= 15 is 0 Å². The summed E-state index contributed by atoms with van der Waals surface area (Å²) >= 11 is 5.80. The third kappa shape index (κ3) is 6.04. The summed E-state index contributed by atoms with van der Waals surface area (Å²) in [7, 11) is 0. The zero-order valence-corrected chi connectivity index (χ0v) is 13.7. The second kappa shape index (κ2) is 8.98. The Balaban J connectivity index is 1.69. The highest BCUT2D eigenvalue weighted by Gasteiger charge is 2.13. The summed E-state index contributed by atoms with van der Waals surface area (Å²) in [5, 5.41) is 2.71. The van der Waals surface area contributed by atoms with E-state index in [1.54, 1.807) is 24.3 Å². The van der Waals surface area contributed by atoms with E-state index in [9.17, 15) is 18.4 Å². The molecule has 132 valence electrons. The van der Waals surface area contributed by atoms with Crippen LogP contribution in [0.2, 0.25) is 5.02 Å². The average Bonchev–Trinajstić information content (AvgIpc) is 2.56. The molecule has 0 radical (unpaired) electrons. The molecule has 0 bridgehead atoms. The van der Waals surface area contributed by atoms with E-state index in [4.69, 9.17) is 21.1 Å². The molecule has 0 saturated carbocycles. The topological polar surface area (TPSA) is 64.6 Å². The van der Waals surface area contributed by atoms with E-state index in [0.29, 0.717) is 16.8 Å². The second-order valence-corrected chi connectivity index (χ2v) is 5.27. The van der Waals surface area contributed by atoms with Crippen LogP contribution in [0.3, 0.4) is 0 Å². The number of halogens is 3. The molecular weight excluding hydrogens is 356 g/mol. The van der Waals surface area contributed by atoms with Crippen molar-refractivity contribution in [3.63, 3.8) is 0 Å². The maximum Gasteiger partial charge on any atom is 0.325 e. The van der Waals surface area contributed by atoms with Crippen molar-refractivity contribution in [1.29, 1.82) is 0 Å². The maximum atomic E-state index is 13.4. The van der Waals surface area contributed by atoms with Gasteiger partial charge in [-0.1, -0.05) is 17.7 Å². The molecule has 1 amide bonds. The maximum absolute atomic E-state index is 13.4. The molecule has 0 aromatic heterocycles. The minimum atomic E-state index is -1.01. The third-order valence-corrected chi connectivity index (χ3v) is 3.22. The van der Waals surface area contributed by atoms with Crippen LogP contribution < -0.4 is 10.1 Å². The number of benzene rings is 2. The molecule has 5 nitrogen and oxygen atoms in total. The van der Waals surface area contributed by atoms with Gasteiger partial charge in [0.05, 0.1) is 5.56 Å². The number of ether oxygens (including phenoxy) is 2. The van der Waals surface area contributed by atoms with Crippen LogP contribution in [0.1, 0.15) is 10.4 Å². The molecule has 0 spiro atoms. The van der Waals surface area contributed by atoms with E-state index in [1.807, 2.05) is 0 Å². The molecule has 0 heterocycles. The molecule has 0 fully saturated rings.